The third-order valence-electron chi connectivity index (χ3n) is 5.90. The van der Waals surface area contributed by atoms with Crippen molar-refractivity contribution < 1.29 is 14.3 Å². The van der Waals surface area contributed by atoms with E-state index in [9.17, 15) is 9.59 Å². The van der Waals surface area contributed by atoms with Crippen molar-refractivity contribution in [2.45, 2.75) is 25.0 Å². The normalized spacial score (nSPS) is 20.0. The van der Waals surface area contributed by atoms with E-state index in [1.54, 1.807) is 29.2 Å². The van der Waals surface area contributed by atoms with Crippen LogP contribution in [0.3, 0.4) is 0 Å². The van der Waals surface area contributed by atoms with Crippen LogP contribution in [0.4, 0.5) is 0 Å². The SMILES string of the molecule is O=Cc1cnc2c(O[C@@H]3CC[C@H]4c5cccc(-n6nccn6)c5C(=O)N4C3)nccn12. The van der Waals surface area contributed by atoms with Gasteiger partial charge in [-0.1, -0.05) is 12.1 Å². The third kappa shape index (κ3) is 2.64. The molecule has 4 aromatic rings. The highest BCUT2D eigenvalue weighted by Gasteiger charge is 2.43. The molecule has 0 spiro atoms. The van der Waals surface area contributed by atoms with Crippen LogP contribution in [0.25, 0.3) is 11.3 Å². The maximum atomic E-state index is 13.3. The molecule has 2 aliphatic rings. The lowest BCUT2D eigenvalue weighted by atomic mass is 9.95. The summed E-state index contributed by atoms with van der Waals surface area (Å²) in [6, 6.07) is 5.80. The fourth-order valence-corrected chi connectivity index (χ4v) is 4.54. The monoisotopic (exact) mass is 415 g/mol. The molecule has 2 atom stereocenters. The molecule has 31 heavy (non-hydrogen) atoms. The summed E-state index contributed by atoms with van der Waals surface area (Å²) in [6.07, 6.45) is 9.96. The maximum absolute atomic E-state index is 13.3. The Morgan fingerprint density at radius 1 is 1.10 bits per heavy atom. The number of hydrogen-bond acceptors (Lipinski definition) is 7. The summed E-state index contributed by atoms with van der Waals surface area (Å²) >= 11 is 0. The van der Waals surface area contributed by atoms with Gasteiger partial charge in [-0.25, -0.2) is 9.97 Å². The van der Waals surface area contributed by atoms with Gasteiger partial charge in [0.05, 0.1) is 42.4 Å². The van der Waals surface area contributed by atoms with Crippen molar-refractivity contribution >= 4 is 17.8 Å². The topological polar surface area (TPSA) is 108 Å². The summed E-state index contributed by atoms with van der Waals surface area (Å²) in [7, 11) is 0. The number of nitrogens with zero attached hydrogens (tertiary/aromatic N) is 7. The Kier molecular flexibility index (Phi) is 3.85. The zero-order valence-corrected chi connectivity index (χ0v) is 16.3. The fourth-order valence-electron chi connectivity index (χ4n) is 4.54. The lowest BCUT2D eigenvalue weighted by molar-refractivity contribution is 0.0406. The number of hydrogen-bond donors (Lipinski definition) is 0. The van der Waals surface area contributed by atoms with Crippen molar-refractivity contribution in [2.24, 2.45) is 0 Å². The van der Waals surface area contributed by atoms with E-state index in [4.69, 9.17) is 4.74 Å². The van der Waals surface area contributed by atoms with Gasteiger partial charge in [0.25, 0.3) is 11.8 Å². The van der Waals surface area contributed by atoms with Crippen LogP contribution in [0.1, 0.15) is 45.3 Å². The van der Waals surface area contributed by atoms with Gasteiger partial charge in [-0.2, -0.15) is 15.0 Å². The van der Waals surface area contributed by atoms with Crippen LogP contribution in [-0.4, -0.2) is 59.1 Å². The smallest absolute Gasteiger partial charge is 0.258 e. The predicted molar refractivity (Wildman–Crippen MR) is 107 cm³/mol. The Morgan fingerprint density at radius 3 is 2.81 bits per heavy atom. The standard InChI is InChI=1S/C21H17N7O3/c29-12-13-10-23-19-20(22-8-9-26(13)19)31-14-4-5-16-15-2-1-3-17(28-24-6-7-25-28)18(15)21(30)27(16)11-14/h1-3,6-10,12,14,16H,4-5,11H2/t14-,16+/m1/s1. The fraction of sp³-hybridized carbons (Fsp3) is 0.238. The lowest BCUT2D eigenvalue weighted by Crippen LogP contribution is -2.42. The third-order valence-corrected chi connectivity index (χ3v) is 5.90. The first-order valence-corrected chi connectivity index (χ1v) is 9.99. The maximum Gasteiger partial charge on any atom is 0.258 e. The van der Waals surface area contributed by atoms with Crippen molar-refractivity contribution in [3.8, 4) is 11.6 Å². The van der Waals surface area contributed by atoms with Crippen LogP contribution < -0.4 is 4.74 Å². The lowest BCUT2D eigenvalue weighted by Gasteiger charge is -2.35. The Morgan fingerprint density at radius 2 is 1.97 bits per heavy atom. The molecular weight excluding hydrogens is 398 g/mol. The molecule has 2 aliphatic heterocycles. The van der Waals surface area contributed by atoms with Gasteiger partial charge in [0.1, 0.15) is 11.8 Å². The molecule has 0 N–H and O–H groups in total. The molecule has 6 rings (SSSR count). The van der Waals surface area contributed by atoms with Gasteiger partial charge in [-0.05, 0) is 24.5 Å². The number of aromatic nitrogens is 6. The van der Waals surface area contributed by atoms with Gasteiger partial charge in [0, 0.05) is 12.4 Å². The minimum atomic E-state index is -0.226. The molecule has 0 aliphatic carbocycles. The first-order valence-electron chi connectivity index (χ1n) is 9.99. The van der Waals surface area contributed by atoms with Crippen LogP contribution in [0, 0.1) is 0 Å². The summed E-state index contributed by atoms with van der Waals surface area (Å²) in [4.78, 5) is 36.4. The molecular formula is C21H17N7O3. The molecule has 1 amide bonds. The van der Waals surface area contributed by atoms with Crippen molar-refractivity contribution in [3.05, 3.63) is 66.0 Å². The highest BCUT2D eigenvalue weighted by atomic mass is 16.5. The quantitative estimate of drug-likeness (QED) is 0.468. The van der Waals surface area contributed by atoms with Gasteiger partial charge in [-0.15, -0.1) is 0 Å². The van der Waals surface area contributed by atoms with Gasteiger partial charge < -0.3 is 9.64 Å². The molecule has 0 saturated carbocycles. The largest absolute Gasteiger partial charge is 0.470 e. The second-order valence-electron chi connectivity index (χ2n) is 7.58. The van der Waals surface area contributed by atoms with Gasteiger partial charge >= 0.3 is 0 Å². The summed E-state index contributed by atoms with van der Waals surface area (Å²) < 4.78 is 7.79. The van der Waals surface area contributed by atoms with Crippen molar-refractivity contribution in [2.75, 3.05) is 6.54 Å². The second kappa shape index (κ2) is 6.73. The molecule has 10 heteroatoms. The highest BCUT2D eigenvalue weighted by Crippen LogP contribution is 2.42. The number of carbonyl (C=O) groups is 2. The number of carbonyl (C=O) groups excluding carboxylic acids is 2. The van der Waals surface area contributed by atoms with Crippen LogP contribution >= 0.6 is 0 Å². The van der Waals surface area contributed by atoms with Crippen LogP contribution in [0.2, 0.25) is 0 Å². The van der Waals surface area contributed by atoms with E-state index in [2.05, 4.69) is 20.2 Å². The zero-order valence-electron chi connectivity index (χ0n) is 16.3. The predicted octanol–water partition coefficient (Wildman–Crippen LogP) is 1.86. The molecule has 0 unspecified atom stereocenters. The van der Waals surface area contributed by atoms with Crippen LogP contribution in [0.15, 0.2) is 49.2 Å². The number of fused-ring (bicyclic) bond motifs is 4. The Bertz CT molecular complexity index is 1310. The number of aldehydes is 1. The second-order valence-corrected chi connectivity index (χ2v) is 7.58. The Hall–Kier alpha value is -4.08. The highest BCUT2D eigenvalue weighted by molar-refractivity contribution is 6.02. The first-order chi connectivity index (χ1) is 15.2. The van der Waals surface area contributed by atoms with E-state index < -0.39 is 0 Å². The van der Waals surface area contributed by atoms with Crippen LogP contribution in [0.5, 0.6) is 5.88 Å². The van der Waals surface area contributed by atoms with E-state index in [0.29, 0.717) is 35.0 Å². The Labute approximate surface area is 176 Å². The number of amides is 1. The number of ether oxygens (including phenoxy) is 1. The van der Waals surface area contributed by atoms with E-state index in [1.807, 2.05) is 23.1 Å². The molecule has 154 valence electrons. The molecule has 1 saturated heterocycles. The van der Waals surface area contributed by atoms with Crippen molar-refractivity contribution in [1.29, 1.82) is 0 Å². The number of imidazole rings is 1. The number of piperidine rings is 1. The van der Waals surface area contributed by atoms with E-state index >= 15 is 0 Å². The molecule has 1 aromatic carbocycles. The van der Waals surface area contributed by atoms with Crippen molar-refractivity contribution in [1.82, 2.24) is 34.3 Å². The Balaban J connectivity index is 1.29. The molecule has 10 nitrogen and oxygen atoms in total. The molecule has 1 fully saturated rings. The van der Waals surface area contributed by atoms with E-state index in [-0.39, 0.29) is 18.1 Å². The minimum Gasteiger partial charge on any atom is -0.470 e. The molecule has 5 heterocycles. The summed E-state index contributed by atoms with van der Waals surface area (Å²) in [5.74, 6) is 0.307. The zero-order chi connectivity index (χ0) is 20.9. The van der Waals surface area contributed by atoms with E-state index in [0.717, 1.165) is 24.7 Å². The van der Waals surface area contributed by atoms with Gasteiger partial charge in [-0.3, -0.25) is 14.0 Å². The van der Waals surface area contributed by atoms with Crippen LogP contribution in [-0.2, 0) is 0 Å². The van der Waals surface area contributed by atoms with Crippen molar-refractivity contribution in [3.63, 3.8) is 0 Å². The van der Waals surface area contributed by atoms with E-state index in [1.165, 1.54) is 11.0 Å². The average molecular weight is 415 g/mol. The summed E-state index contributed by atoms with van der Waals surface area (Å²) in [5, 5.41) is 8.38. The van der Waals surface area contributed by atoms with Gasteiger partial charge in [0.2, 0.25) is 5.65 Å². The molecule has 0 bridgehead atoms. The number of rotatable bonds is 4. The summed E-state index contributed by atoms with van der Waals surface area (Å²) in [5.41, 5.74) is 3.24. The average Bonchev–Trinajstić information content (AvgIpc) is 3.53. The molecule has 3 aromatic heterocycles. The minimum absolute atomic E-state index is 0.00899. The number of benzene rings is 1. The van der Waals surface area contributed by atoms with Gasteiger partial charge in [0.15, 0.2) is 6.29 Å². The summed E-state index contributed by atoms with van der Waals surface area (Å²) in [6.45, 7) is 0.439. The molecule has 0 radical (unpaired) electrons. The first kappa shape index (κ1) is 17.8.